The number of nitrogens with zero attached hydrogens (tertiary/aromatic N) is 1. The number of nitrogens with one attached hydrogen (secondary N) is 1. The van der Waals surface area contributed by atoms with Crippen molar-refractivity contribution in [1.29, 1.82) is 0 Å². The van der Waals surface area contributed by atoms with E-state index in [0.717, 1.165) is 16.5 Å². The number of esters is 1. The molecule has 29 heavy (non-hydrogen) atoms. The molecule has 0 spiro atoms. The molecular weight excluding hydrogens is 375 g/mol. The zero-order chi connectivity index (χ0) is 20.4. The molecule has 0 aliphatic carbocycles. The van der Waals surface area contributed by atoms with Gasteiger partial charge in [0, 0.05) is 23.5 Å². The normalized spacial score (nSPS) is 18.8. The van der Waals surface area contributed by atoms with Crippen molar-refractivity contribution in [2.24, 2.45) is 0 Å². The molecule has 2 atom stereocenters. The predicted octanol–water partition coefficient (Wildman–Crippen LogP) is 3.07. The van der Waals surface area contributed by atoms with Crippen molar-refractivity contribution in [3.05, 3.63) is 66.1 Å². The Morgan fingerprint density at radius 3 is 2.72 bits per heavy atom. The number of para-hydroxylation sites is 2. The van der Waals surface area contributed by atoms with Crippen molar-refractivity contribution in [2.75, 3.05) is 13.7 Å². The van der Waals surface area contributed by atoms with E-state index in [0.29, 0.717) is 0 Å². The molecule has 150 valence electrons. The molecule has 2 aromatic carbocycles. The van der Waals surface area contributed by atoms with Crippen LogP contribution in [0.1, 0.15) is 12.0 Å². The first-order chi connectivity index (χ1) is 14.1. The largest absolute Gasteiger partial charge is 0.485 e. The summed E-state index contributed by atoms with van der Waals surface area (Å²) in [7, 11) is 1.29. The lowest BCUT2D eigenvalue weighted by Crippen LogP contribution is -2.42. The van der Waals surface area contributed by atoms with E-state index in [1.54, 1.807) is 18.3 Å². The zero-order valence-corrected chi connectivity index (χ0v) is 15.9. The molecular formula is C22H21FN2O4. The maximum absolute atomic E-state index is 13.9. The molecule has 0 bridgehead atoms. The Balaban J connectivity index is 1.52. The second-order valence-corrected chi connectivity index (χ2v) is 7.03. The van der Waals surface area contributed by atoms with Gasteiger partial charge in [-0.25, -0.2) is 9.18 Å². The first kappa shape index (κ1) is 19.0. The third-order valence-corrected chi connectivity index (χ3v) is 5.20. The summed E-state index contributed by atoms with van der Waals surface area (Å²) in [5.74, 6) is -1.08. The van der Waals surface area contributed by atoms with Crippen LogP contribution >= 0.6 is 0 Å². The standard InChI is InChI=1S/C22H21FN2O4/c1-28-22(27)19-11-15(29-20-9-5-3-7-17(20)23)13-25(19)21(26)10-14-12-24-18-8-4-2-6-16(14)18/h2-9,12,15,19,24H,10-11,13H2,1H3/t15-,19-/m0/s1. The Kier molecular flexibility index (Phi) is 5.20. The molecule has 0 saturated carbocycles. The van der Waals surface area contributed by atoms with Gasteiger partial charge in [0.25, 0.3) is 0 Å². The van der Waals surface area contributed by atoms with Gasteiger partial charge >= 0.3 is 5.97 Å². The highest BCUT2D eigenvalue weighted by atomic mass is 19.1. The first-order valence-corrected chi connectivity index (χ1v) is 9.40. The summed E-state index contributed by atoms with van der Waals surface area (Å²) in [6, 6.07) is 13.0. The van der Waals surface area contributed by atoms with Gasteiger partial charge in [-0.05, 0) is 23.8 Å². The van der Waals surface area contributed by atoms with Crippen molar-refractivity contribution in [2.45, 2.75) is 25.0 Å². The molecule has 1 aromatic heterocycles. The van der Waals surface area contributed by atoms with Crippen LogP contribution in [0.15, 0.2) is 54.7 Å². The number of benzene rings is 2. The van der Waals surface area contributed by atoms with Crippen LogP contribution in [0, 0.1) is 5.82 Å². The van der Waals surface area contributed by atoms with E-state index in [2.05, 4.69) is 4.98 Å². The van der Waals surface area contributed by atoms with E-state index in [-0.39, 0.29) is 31.0 Å². The Hall–Kier alpha value is -3.35. The van der Waals surface area contributed by atoms with Gasteiger partial charge in [-0.2, -0.15) is 0 Å². The molecule has 1 aliphatic heterocycles. The minimum atomic E-state index is -0.755. The molecule has 7 heteroatoms. The van der Waals surface area contributed by atoms with E-state index >= 15 is 0 Å². The van der Waals surface area contributed by atoms with Crippen LogP contribution in [0.5, 0.6) is 5.75 Å². The lowest BCUT2D eigenvalue weighted by Gasteiger charge is -2.22. The highest BCUT2D eigenvalue weighted by Crippen LogP contribution is 2.27. The van der Waals surface area contributed by atoms with Crippen molar-refractivity contribution >= 4 is 22.8 Å². The van der Waals surface area contributed by atoms with Crippen LogP contribution in [-0.4, -0.2) is 47.6 Å². The number of likely N-dealkylation sites (tertiary alicyclic amines) is 1. The fourth-order valence-electron chi connectivity index (χ4n) is 3.78. The summed E-state index contributed by atoms with van der Waals surface area (Å²) >= 11 is 0. The summed E-state index contributed by atoms with van der Waals surface area (Å²) < 4.78 is 24.5. The maximum atomic E-state index is 13.9. The molecule has 1 amide bonds. The predicted molar refractivity (Wildman–Crippen MR) is 105 cm³/mol. The SMILES string of the molecule is COC(=O)[C@@H]1C[C@H](Oc2ccccc2F)CN1C(=O)Cc1c[nH]c2ccccc12. The number of amides is 1. The van der Waals surface area contributed by atoms with E-state index in [1.165, 1.54) is 24.1 Å². The molecule has 1 fully saturated rings. The quantitative estimate of drug-likeness (QED) is 0.673. The summed E-state index contributed by atoms with van der Waals surface area (Å²) in [4.78, 5) is 29.9. The van der Waals surface area contributed by atoms with Gasteiger partial charge in [-0.15, -0.1) is 0 Å². The van der Waals surface area contributed by atoms with Crippen LogP contribution in [0.25, 0.3) is 10.9 Å². The van der Waals surface area contributed by atoms with Gasteiger partial charge < -0.3 is 19.4 Å². The second-order valence-electron chi connectivity index (χ2n) is 7.03. The topological polar surface area (TPSA) is 71.6 Å². The highest BCUT2D eigenvalue weighted by molar-refractivity contribution is 5.91. The molecule has 4 rings (SSSR count). The molecule has 0 radical (unpaired) electrons. The Bertz CT molecular complexity index is 1050. The van der Waals surface area contributed by atoms with Gasteiger partial charge in [-0.1, -0.05) is 30.3 Å². The Morgan fingerprint density at radius 2 is 1.93 bits per heavy atom. The van der Waals surface area contributed by atoms with Crippen LogP contribution in [0.2, 0.25) is 0 Å². The smallest absolute Gasteiger partial charge is 0.328 e. The maximum Gasteiger partial charge on any atom is 0.328 e. The van der Waals surface area contributed by atoms with E-state index in [4.69, 9.17) is 9.47 Å². The molecule has 1 N–H and O–H groups in total. The number of H-pyrrole nitrogens is 1. The molecule has 1 aliphatic rings. The van der Waals surface area contributed by atoms with Gasteiger partial charge in [-0.3, -0.25) is 4.79 Å². The molecule has 0 unspecified atom stereocenters. The number of halogens is 1. The summed E-state index contributed by atoms with van der Waals surface area (Å²) in [6.07, 6.45) is 1.70. The van der Waals surface area contributed by atoms with E-state index in [1.807, 2.05) is 24.3 Å². The average Bonchev–Trinajstić information content (AvgIpc) is 3.34. The third-order valence-electron chi connectivity index (χ3n) is 5.20. The van der Waals surface area contributed by atoms with Crippen molar-refractivity contribution < 1.29 is 23.5 Å². The lowest BCUT2D eigenvalue weighted by molar-refractivity contribution is -0.150. The fraction of sp³-hybridized carbons (Fsp3) is 0.273. The fourth-order valence-corrected chi connectivity index (χ4v) is 3.78. The van der Waals surface area contributed by atoms with Crippen molar-refractivity contribution in [3.8, 4) is 5.75 Å². The number of carbonyl (C=O) groups excluding carboxylic acids is 2. The minimum Gasteiger partial charge on any atom is -0.485 e. The monoisotopic (exact) mass is 396 g/mol. The lowest BCUT2D eigenvalue weighted by atomic mass is 10.1. The molecule has 2 heterocycles. The van der Waals surface area contributed by atoms with E-state index < -0.39 is 23.9 Å². The van der Waals surface area contributed by atoms with Gasteiger partial charge in [0.2, 0.25) is 5.91 Å². The zero-order valence-electron chi connectivity index (χ0n) is 15.9. The van der Waals surface area contributed by atoms with Gasteiger partial charge in [0.15, 0.2) is 11.6 Å². The number of methoxy groups -OCH3 is 1. The average molecular weight is 396 g/mol. The van der Waals surface area contributed by atoms with E-state index in [9.17, 15) is 14.0 Å². The first-order valence-electron chi connectivity index (χ1n) is 9.40. The number of aromatic nitrogens is 1. The number of aromatic amines is 1. The summed E-state index contributed by atoms with van der Waals surface area (Å²) in [5.41, 5.74) is 1.80. The Labute approximate surface area is 167 Å². The minimum absolute atomic E-state index is 0.104. The molecule has 6 nitrogen and oxygen atoms in total. The summed E-state index contributed by atoms with van der Waals surface area (Å²) in [6.45, 7) is 0.190. The Morgan fingerprint density at radius 1 is 1.17 bits per heavy atom. The van der Waals surface area contributed by atoms with Crippen molar-refractivity contribution in [1.82, 2.24) is 9.88 Å². The number of rotatable bonds is 5. The van der Waals surface area contributed by atoms with Crippen LogP contribution < -0.4 is 4.74 Å². The number of hydrogen-bond acceptors (Lipinski definition) is 4. The number of carbonyl (C=O) groups is 2. The third kappa shape index (κ3) is 3.81. The molecule has 1 saturated heterocycles. The van der Waals surface area contributed by atoms with Crippen LogP contribution in [0.3, 0.4) is 0 Å². The highest BCUT2D eigenvalue weighted by Gasteiger charge is 2.41. The van der Waals surface area contributed by atoms with Gasteiger partial charge in [0.05, 0.1) is 20.1 Å². The van der Waals surface area contributed by atoms with Crippen LogP contribution in [-0.2, 0) is 20.7 Å². The van der Waals surface area contributed by atoms with Crippen molar-refractivity contribution in [3.63, 3.8) is 0 Å². The number of ether oxygens (including phenoxy) is 2. The number of hydrogen-bond donors (Lipinski definition) is 1. The van der Waals surface area contributed by atoms with Crippen LogP contribution in [0.4, 0.5) is 4.39 Å². The molecule has 3 aromatic rings. The summed E-state index contributed by atoms with van der Waals surface area (Å²) in [5, 5.41) is 0.967. The second kappa shape index (κ2) is 7.95. The number of fused-ring (bicyclic) bond motifs is 1. The van der Waals surface area contributed by atoms with Gasteiger partial charge in [0.1, 0.15) is 12.1 Å².